The number of rotatable bonds is 72. The summed E-state index contributed by atoms with van der Waals surface area (Å²) in [5, 5.41) is 10.6. The van der Waals surface area contributed by atoms with Crippen LogP contribution in [0.15, 0.2) is 0 Å². The van der Waals surface area contributed by atoms with Gasteiger partial charge in [0.2, 0.25) is 0 Å². The predicted molar refractivity (Wildman–Crippen MR) is 372 cm³/mol. The number of unbranched alkanes of at least 4 members (excludes halogenated alkanes) is 41. The number of hydrogen-bond acceptors (Lipinski definition) is 15. The monoisotopic (exact) mass is 1350 g/mol. The van der Waals surface area contributed by atoms with E-state index in [0.29, 0.717) is 25.7 Å². The van der Waals surface area contributed by atoms with Crippen LogP contribution in [0.3, 0.4) is 0 Å². The molecule has 0 amide bonds. The van der Waals surface area contributed by atoms with E-state index in [0.717, 1.165) is 108 Å². The van der Waals surface area contributed by atoms with E-state index in [1.165, 1.54) is 186 Å². The second-order valence-electron chi connectivity index (χ2n) is 27.1. The molecule has 546 valence electrons. The van der Waals surface area contributed by atoms with Crippen LogP contribution in [0.25, 0.3) is 0 Å². The molecular formula is C73H142O17P2. The van der Waals surface area contributed by atoms with E-state index in [-0.39, 0.29) is 25.7 Å². The lowest BCUT2D eigenvalue weighted by Crippen LogP contribution is -2.30. The van der Waals surface area contributed by atoms with Crippen molar-refractivity contribution < 1.29 is 80.2 Å². The molecule has 0 aliphatic rings. The fraction of sp³-hybridized carbons (Fsp3) is 0.945. The first kappa shape index (κ1) is 90.1. The largest absolute Gasteiger partial charge is 0.472 e. The molecule has 0 aliphatic heterocycles. The maximum absolute atomic E-state index is 13.1. The average Bonchev–Trinajstić information content (AvgIpc) is 3.71. The number of phosphoric ester groups is 2. The highest BCUT2D eigenvalue weighted by atomic mass is 31.2. The molecule has 0 spiro atoms. The average molecular weight is 1350 g/mol. The highest BCUT2D eigenvalue weighted by Crippen LogP contribution is 2.45. The van der Waals surface area contributed by atoms with E-state index in [2.05, 4.69) is 41.5 Å². The number of hydrogen-bond donors (Lipinski definition) is 3. The first-order valence-electron chi connectivity index (χ1n) is 38.0. The topological polar surface area (TPSA) is 237 Å². The minimum absolute atomic E-state index is 0.105. The van der Waals surface area contributed by atoms with Gasteiger partial charge in [-0.2, -0.15) is 0 Å². The van der Waals surface area contributed by atoms with Crippen molar-refractivity contribution in [3.05, 3.63) is 0 Å². The predicted octanol–water partition coefficient (Wildman–Crippen LogP) is 21.2. The second kappa shape index (κ2) is 65.0. The summed E-state index contributed by atoms with van der Waals surface area (Å²) < 4.78 is 68.4. The van der Waals surface area contributed by atoms with Crippen molar-refractivity contribution in [1.29, 1.82) is 0 Å². The molecule has 0 aromatic rings. The zero-order valence-corrected chi connectivity index (χ0v) is 61.6. The van der Waals surface area contributed by atoms with E-state index in [9.17, 15) is 43.2 Å². The van der Waals surface area contributed by atoms with Gasteiger partial charge in [0, 0.05) is 25.7 Å². The second-order valence-corrected chi connectivity index (χ2v) is 30.0. The SMILES string of the molecule is CCCCCCCCCCCCCCCCCCCC(=O)O[C@H](COC(=O)CCCCCCCCCCCCCCC)COP(=O)(O)OC[C@@H](O)COP(=O)(O)OC[C@@H](COC(=O)CCCCCCCCC(C)CC)OC(=O)CCCCCCCCCCCC(C)C. The van der Waals surface area contributed by atoms with Crippen LogP contribution in [0.2, 0.25) is 0 Å². The minimum atomic E-state index is -4.95. The first-order chi connectivity index (χ1) is 44.4. The molecule has 19 heteroatoms. The van der Waals surface area contributed by atoms with Gasteiger partial charge in [-0.05, 0) is 37.5 Å². The number of aliphatic hydroxyl groups is 1. The van der Waals surface area contributed by atoms with Gasteiger partial charge in [-0.15, -0.1) is 0 Å². The molecule has 0 fully saturated rings. The molecule has 0 rings (SSSR count). The Kier molecular flexibility index (Phi) is 63.7. The van der Waals surface area contributed by atoms with Gasteiger partial charge in [0.05, 0.1) is 26.4 Å². The Morgan fingerprint density at radius 1 is 0.315 bits per heavy atom. The zero-order chi connectivity index (χ0) is 67.9. The Bertz CT molecular complexity index is 1790. The summed E-state index contributed by atoms with van der Waals surface area (Å²) in [4.78, 5) is 72.7. The summed E-state index contributed by atoms with van der Waals surface area (Å²) in [5.41, 5.74) is 0. The summed E-state index contributed by atoms with van der Waals surface area (Å²) in [6.45, 7) is 9.51. The first-order valence-corrected chi connectivity index (χ1v) is 41.0. The molecule has 92 heavy (non-hydrogen) atoms. The molecule has 0 bridgehead atoms. The standard InChI is InChI=1S/C73H142O17P2/c1-7-10-12-14-16-18-20-22-23-24-25-27-29-33-37-45-51-57-72(77)89-68(61-83-70(75)55-49-43-36-32-28-26-21-19-17-15-13-11-8-2)63-87-91(79,80)85-59-67(74)60-86-92(81,82)88-64-69(62-84-71(76)56-50-44-40-39-42-48-54-66(6)9-3)90-73(78)58-52-46-38-34-30-31-35-41-47-53-65(4)5/h65-69,74H,7-64H2,1-6H3,(H,79,80)(H,81,82)/t66?,67-,68-,69-/m1/s1. The lowest BCUT2D eigenvalue weighted by Gasteiger charge is -2.21. The zero-order valence-electron chi connectivity index (χ0n) is 59.9. The molecule has 0 aromatic heterocycles. The maximum Gasteiger partial charge on any atom is 0.472 e. The van der Waals surface area contributed by atoms with Gasteiger partial charge in [-0.3, -0.25) is 37.3 Å². The Hall–Kier alpha value is -1.94. The summed E-state index contributed by atoms with van der Waals surface area (Å²) in [6, 6.07) is 0. The van der Waals surface area contributed by atoms with Gasteiger partial charge in [-0.1, -0.05) is 324 Å². The van der Waals surface area contributed by atoms with Crippen molar-refractivity contribution in [3.63, 3.8) is 0 Å². The molecule has 3 N–H and O–H groups in total. The van der Waals surface area contributed by atoms with Crippen molar-refractivity contribution in [2.24, 2.45) is 11.8 Å². The number of carbonyl (C=O) groups is 4. The Morgan fingerprint density at radius 2 is 0.554 bits per heavy atom. The third kappa shape index (κ3) is 65.4. The highest BCUT2D eigenvalue weighted by molar-refractivity contribution is 7.47. The maximum atomic E-state index is 13.1. The van der Waals surface area contributed by atoms with Crippen LogP contribution in [0.1, 0.15) is 375 Å². The molecular weight excluding hydrogens is 1210 g/mol. The van der Waals surface area contributed by atoms with Crippen LogP contribution in [0.5, 0.6) is 0 Å². The molecule has 3 unspecified atom stereocenters. The van der Waals surface area contributed by atoms with Gasteiger partial charge in [0.1, 0.15) is 19.3 Å². The minimum Gasteiger partial charge on any atom is -0.462 e. The number of carbonyl (C=O) groups excluding carboxylic acids is 4. The Labute approximate surface area is 562 Å². The van der Waals surface area contributed by atoms with Crippen LogP contribution < -0.4 is 0 Å². The molecule has 6 atom stereocenters. The highest BCUT2D eigenvalue weighted by Gasteiger charge is 2.30. The smallest absolute Gasteiger partial charge is 0.462 e. The van der Waals surface area contributed by atoms with Crippen LogP contribution in [0, 0.1) is 11.8 Å². The van der Waals surface area contributed by atoms with E-state index in [1.54, 1.807) is 0 Å². The molecule has 0 radical (unpaired) electrons. The molecule has 0 aliphatic carbocycles. The third-order valence-corrected chi connectivity index (χ3v) is 19.2. The van der Waals surface area contributed by atoms with Gasteiger partial charge in [0.15, 0.2) is 12.2 Å². The van der Waals surface area contributed by atoms with Gasteiger partial charge >= 0.3 is 39.5 Å². The molecule has 0 heterocycles. The van der Waals surface area contributed by atoms with Crippen molar-refractivity contribution in [1.82, 2.24) is 0 Å². The summed E-state index contributed by atoms with van der Waals surface area (Å²) in [6.07, 6.45) is 51.3. The number of aliphatic hydroxyl groups excluding tert-OH is 1. The summed E-state index contributed by atoms with van der Waals surface area (Å²) in [5.74, 6) is -0.653. The van der Waals surface area contributed by atoms with Crippen molar-refractivity contribution in [3.8, 4) is 0 Å². The van der Waals surface area contributed by atoms with Crippen LogP contribution in [-0.4, -0.2) is 96.7 Å². The Morgan fingerprint density at radius 3 is 0.826 bits per heavy atom. The summed E-state index contributed by atoms with van der Waals surface area (Å²) >= 11 is 0. The molecule has 0 saturated carbocycles. The Balaban J connectivity index is 5.25. The molecule has 0 aromatic carbocycles. The van der Waals surface area contributed by atoms with E-state index < -0.39 is 97.5 Å². The van der Waals surface area contributed by atoms with Gasteiger partial charge in [-0.25, -0.2) is 9.13 Å². The van der Waals surface area contributed by atoms with E-state index in [1.807, 2.05) is 0 Å². The van der Waals surface area contributed by atoms with E-state index in [4.69, 9.17) is 37.0 Å². The fourth-order valence-electron chi connectivity index (χ4n) is 11.1. The quantitative estimate of drug-likeness (QED) is 0.0222. The number of esters is 4. The van der Waals surface area contributed by atoms with Crippen LogP contribution in [-0.2, 0) is 65.4 Å². The normalized spacial score (nSPS) is 14.4. The van der Waals surface area contributed by atoms with E-state index >= 15 is 0 Å². The summed E-state index contributed by atoms with van der Waals surface area (Å²) in [7, 11) is -9.91. The number of phosphoric acid groups is 2. The van der Waals surface area contributed by atoms with Gasteiger partial charge < -0.3 is 33.8 Å². The molecule has 17 nitrogen and oxygen atoms in total. The van der Waals surface area contributed by atoms with Crippen LogP contribution in [0.4, 0.5) is 0 Å². The van der Waals surface area contributed by atoms with Crippen LogP contribution >= 0.6 is 15.6 Å². The fourth-order valence-corrected chi connectivity index (χ4v) is 12.7. The van der Waals surface area contributed by atoms with Gasteiger partial charge in [0.25, 0.3) is 0 Å². The van der Waals surface area contributed by atoms with Crippen molar-refractivity contribution >= 4 is 39.5 Å². The lowest BCUT2D eigenvalue weighted by atomic mass is 10.00. The number of ether oxygens (including phenoxy) is 4. The van der Waals surface area contributed by atoms with Crippen molar-refractivity contribution in [2.45, 2.75) is 394 Å². The van der Waals surface area contributed by atoms with Crippen molar-refractivity contribution in [2.75, 3.05) is 39.6 Å². The third-order valence-electron chi connectivity index (χ3n) is 17.3. The molecule has 0 saturated heterocycles. The lowest BCUT2D eigenvalue weighted by molar-refractivity contribution is -0.161.